The molecule has 2 rings (SSSR count). The van der Waals surface area contributed by atoms with Gasteiger partial charge in [0.25, 0.3) is 5.88 Å². The second-order valence-electron chi connectivity index (χ2n) is 5.10. The van der Waals surface area contributed by atoms with Crippen LogP contribution in [0.2, 0.25) is 0 Å². The van der Waals surface area contributed by atoms with Crippen LogP contribution < -0.4 is 20.8 Å². The zero-order valence-corrected chi connectivity index (χ0v) is 12.4. The fourth-order valence-corrected chi connectivity index (χ4v) is 1.91. The maximum Gasteiger partial charge on any atom is 0.313 e. The highest BCUT2D eigenvalue weighted by Gasteiger charge is 2.12. The smallest absolute Gasteiger partial charge is 0.313 e. The van der Waals surface area contributed by atoms with Gasteiger partial charge in [-0.15, -0.1) is 0 Å². The Labute approximate surface area is 123 Å². The molecule has 0 saturated carbocycles. The molecule has 1 aromatic carbocycles. The Balaban J connectivity index is 2.34. The quantitative estimate of drug-likeness (QED) is 0.854. The van der Waals surface area contributed by atoms with Gasteiger partial charge in [0.15, 0.2) is 11.5 Å². The topological polar surface area (TPSA) is 79.4 Å². The van der Waals surface area contributed by atoms with Crippen LogP contribution >= 0.6 is 0 Å². The zero-order valence-electron chi connectivity index (χ0n) is 12.4. The summed E-state index contributed by atoms with van der Waals surface area (Å²) in [7, 11) is 1.51. The molecule has 2 aromatic rings. The molecule has 0 atom stereocenters. The van der Waals surface area contributed by atoms with Crippen molar-refractivity contribution >= 4 is 5.69 Å². The van der Waals surface area contributed by atoms with Crippen LogP contribution in [-0.2, 0) is 6.54 Å². The van der Waals surface area contributed by atoms with Crippen LogP contribution in [0.25, 0.3) is 0 Å². The molecule has 6 nitrogen and oxygen atoms in total. The van der Waals surface area contributed by atoms with Crippen molar-refractivity contribution in [3.05, 3.63) is 40.9 Å². The Morgan fingerprint density at radius 3 is 2.76 bits per heavy atom. The van der Waals surface area contributed by atoms with E-state index < -0.39 is 0 Å². The van der Waals surface area contributed by atoms with E-state index in [-0.39, 0.29) is 11.4 Å². The number of methoxy groups -OCH3 is 1. The largest absolute Gasteiger partial charge is 0.493 e. The lowest BCUT2D eigenvalue weighted by atomic mass is 10.2. The zero-order chi connectivity index (χ0) is 15.4. The molecule has 21 heavy (non-hydrogen) atoms. The minimum absolute atomic E-state index is 0.0150. The molecule has 0 bridgehead atoms. The van der Waals surface area contributed by atoms with E-state index in [4.69, 9.17) is 15.2 Å². The maximum absolute atomic E-state index is 12.3. The Hall–Kier alpha value is -2.50. The Morgan fingerprint density at radius 1 is 1.33 bits per heavy atom. The first-order valence-electron chi connectivity index (χ1n) is 6.68. The molecule has 0 fully saturated rings. The lowest BCUT2D eigenvalue weighted by Gasteiger charge is -2.12. The standard InChI is InChI=1S/C15H19N3O3/c1-10(2)9-18-7-6-17-14(15(18)19)21-12-5-4-11(16)8-13(12)20-3/h4-8,10H,9,16H2,1-3H3. The van der Waals surface area contributed by atoms with Gasteiger partial charge in [0.2, 0.25) is 0 Å². The number of hydrogen-bond donors (Lipinski definition) is 1. The minimum Gasteiger partial charge on any atom is -0.493 e. The first kappa shape index (κ1) is 14.9. The first-order valence-corrected chi connectivity index (χ1v) is 6.68. The number of nitrogen functional groups attached to an aromatic ring is 1. The van der Waals surface area contributed by atoms with E-state index in [1.165, 1.54) is 7.11 Å². The molecule has 6 heteroatoms. The minimum atomic E-state index is -0.273. The molecule has 1 heterocycles. The van der Waals surface area contributed by atoms with Gasteiger partial charge in [0.1, 0.15) is 0 Å². The maximum atomic E-state index is 12.3. The number of aromatic nitrogens is 2. The van der Waals surface area contributed by atoms with Crippen LogP contribution in [0.1, 0.15) is 13.8 Å². The van der Waals surface area contributed by atoms with Gasteiger partial charge < -0.3 is 19.8 Å². The predicted octanol–water partition coefficient (Wildman–Crippen LogP) is 2.28. The van der Waals surface area contributed by atoms with Gasteiger partial charge in [-0.3, -0.25) is 4.79 Å². The van der Waals surface area contributed by atoms with Crippen LogP contribution in [-0.4, -0.2) is 16.7 Å². The third kappa shape index (κ3) is 3.53. The highest BCUT2D eigenvalue weighted by Crippen LogP contribution is 2.31. The summed E-state index contributed by atoms with van der Waals surface area (Å²) in [5.74, 6) is 1.22. The van der Waals surface area contributed by atoms with Gasteiger partial charge >= 0.3 is 5.56 Å². The monoisotopic (exact) mass is 289 g/mol. The van der Waals surface area contributed by atoms with E-state index in [1.54, 1.807) is 35.2 Å². The van der Waals surface area contributed by atoms with Crippen LogP contribution in [0, 0.1) is 5.92 Å². The number of hydrogen-bond acceptors (Lipinski definition) is 5. The Bertz CT molecular complexity index is 680. The summed E-state index contributed by atoms with van der Waals surface area (Å²) >= 11 is 0. The lowest BCUT2D eigenvalue weighted by molar-refractivity contribution is 0.368. The van der Waals surface area contributed by atoms with Crippen LogP contribution in [0.15, 0.2) is 35.4 Å². The van der Waals surface area contributed by atoms with Crippen molar-refractivity contribution in [2.45, 2.75) is 20.4 Å². The van der Waals surface area contributed by atoms with Crippen molar-refractivity contribution in [3.8, 4) is 17.4 Å². The molecule has 2 N–H and O–H groups in total. The average Bonchev–Trinajstić information content (AvgIpc) is 2.44. The Morgan fingerprint density at radius 2 is 2.10 bits per heavy atom. The summed E-state index contributed by atoms with van der Waals surface area (Å²) in [6, 6.07) is 4.95. The highest BCUT2D eigenvalue weighted by atomic mass is 16.5. The van der Waals surface area contributed by atoms with Crippen molar-refractivity contribution in [1.82, 2.24) is 9.55 Å². The second kappa shape index (κ2) is 6.30. The number of nitrogens with two attached hydrogens (primary N) is 1. The van der Waals surface area contributed by atoms with E-state index in [0.717, 1.165) is 0 Å². The van der Waals surface area contributed by atoms with E-state index in [0.29, 0.717) is 29.6 Å². The van der Waals surface area contributed by atoms with Gasteiger partial charge in [-0.05, 0) is 18.1 Å². The first-order chi connectivity index (χ1) is 10.0. The SMILES string of the molecule is COc1cc(N)ccc1Oc1nccn(CC(C)C)c1=O. The van der Waals surface area contributed by atoms with Gasteiger partial charge in [-0.2, -0.15) is 0 Å². The van der Waals surface area contributed by atoms with E-state index in [2.05, 4.69) is 4.98 Å². The highest BCUT2D eigenvalue weighted by molar-refractivity contribution is 5.52. The number of benzene rings is 1. The third-order valence-electron chi connectivity index (χ3n) is 2.84. The van der Waals surface area contributed by atoms with Crippen LogP contribution in [0.3, 0.4) is 0 Å². The molecule has 0 amide bonds. The molecule has 0 aliphatic heterocycles. The molecule has 1 aromatic heterocycles. The van der Waals surface area contributed by atoms with Crippen molar-refractivity contribution in [2.24, 2.45) is 5.92 Å². The van der Waals surface area contributed by atoms with Crippen molar-refractivity contribution < 1.29 is 9.47 Å². The normalized spacial score (nSPS) is 10.7. The summed E-state index contributed by atoms with van der Waals surface area (Å²) in [4.78, 5) is 16.3. The third-order valence-corrected chi connectivity index (χ3v) is 2.84. The fraction of sp³-hybridized carbons (Fsp3) is 0.333. The summed E-state index contributed by atoms with van der Waals surface area (Å²) in [5, 5.41) is 0. The van der Waals surface area contributed by atoms with E-state index >= 15 is 0 Å². The fourth-order valence-electron chi connectivity index (χ4n) is 1.91. The van der Waals surface area contributed by atoms with Gasteiger partial charge in [0.05, 0.1) is 7.11 Å². The molecule has 0 radical (unpaired) electrons. The second-order valence-corrected chi connectivity index (χ2v) is 5.10. The molecule has 0 saturated heterocycles. The average molecular weight is 289 g/mol. The van der Waals surface area contributed by atoms with E-state index in [9.17, 15) is 4.79 Å². The summed E-state index contributed by atoms with van der Waals surface area (Å²) in [6.07, 6.45) is 3.19. The molecule has 0 unspecified atom stereocenters. The van der Waals surface area contributed by atoms with Crippen molar-refractivity contribution in [2.75, 3.05) is 12.8 Å². The van der Waals surface area contributed by atoms with Crippen molar-refractivity contribution in [1.29, 1.82) is 0 Å². The predicted molar refractivity (Wildman–Crippen MR) is 80.8 cm³/mol. The number of anilines is 1. The summed E-state index contributed by atoms with van der Waals surface area (Å²) < 4.78 is 12.4. The summed E-state index contributed by atoms with van der Waals surface area (Å²) in [6.45, 7) is 4.68. The lowest BCUT2D eigenvalue weighted by Crippen LogP contribution is -2.23. The van der Waals surface area contributed by atoms with Crippen LogP contribution in [0.4, 0.5) is 5.69 Å². The molecular formula is C15H19N3O3. The summed E-state index contributed by atoms with van der Waals surface area (Å²) in [5.41, 5.74) is 5.97. The number of nitrogens with zero attached hydrogens (tertiary/aromatic N) is 2. The van der Waals surface area contributed by atoms with Gasteiger partial charge in [-0.25, -0.2) is 4.98 Å². The van der Waals surface area contributed by atoms with Gasteiger partial charge in [0, 0.05) is 30.7 Å². The van der Waals surface area contributed by atoms with E-state index in [1.807, 2.05) is 13.8 Å². The molecule has 0 spiro atoms. The molecule has 112 valence electrons. The Kier molecular flexibility index (Phi) is 4.47. The number of ether oxygens (including phenoxy) is 2. The van der Waals surface area contributed by atoms with Crippen molar-refractivity contribution in [3.63, 3.8) is 0 Å². The molecular weight excluding hydrogens is 270 g/mol. The number of rotatable bonds is 5. The van der Waals surface area contributed by atoms with Gasteiger partial charge in [-0.1, -0.05) is 13.8 Å². The molecule has 0 aliphatic rings. The molecule has 0 aliphatic carbocycles. The van der Waals surface area contributed by atoms with Crippen LogP contribution in [0.5, 0.6) is 17.4 Å².